The van der Waals surface area contributed by atoms with Gasteiger partial charge in [0.25, 0.3) is 0 Å². The molecule has 1 heterocycles. The molecule has 9 heteroatoms. The van der Waals surface area contributed by atoms with Gasteiger partial charge in [0.2, 0.25) is 0 Å². The van der Waals surface area contributed by atoms with E-state index in [0.29, 0.717) is 19.7 Å². The predicted octanol–water partition coefficient (Wildman–Crippen LogP) is 4.08. The first-order valence-electron chi connectivity index (χ1n) is 9.20. The highest BCUT2D eigenvalue weighted by Gasteiger charge is 2.13. The number of nitrogens with zero attached hydrogens (tertiary/aromatic N) is 3. The lowest BCUT2D eigenvalue weighted by molar-refractivity contribution is 0.119. The second-order valence-electron chi connectivity index (χ2n) is 6.23. The first-order valence-corrected chi connectivity index (χ1v) is 10.1. The number of rotatable bonds is 9. The number of hydrogen-bond acceptors (Lipinski definition) is 6. The molecule has 0 bridgehead atoms. The van der Waals surface area contributed by atoms with Crippen molar-refractivity contribution in [2.45, 2.75) is 33.0 Å². The van der Waals surface area contributed by atoms with Crippen molar-refractivity contribution in [1.82, 2.24) is 15.2 Å². The maximum Gasteiger partial charge on any atom is 0.194 e. The van der Waals surface area contributed by atoms with Crippen LogP contribution in [0.4, 0.5) is 0 Å². The molecule has 29 heavy (non-hydrogen) atoms. The van der Waals surface area contributed by atoms with Crippen LogP contribution in [0, 0.1) is 0 Å². The summed E-state index contributed by atoms with van der Waals surface area (Å²) < 4.78 is 16.3. The average molecular weight is 534 g/mol. The average Bonchev–Trinajstić information content (AvgIpc) is 3.16. The van der Waals surface area contributed by atoms with Crippen LogP contribution in [0.2, 0.25) is 0 Å². The fraction of sp³-hybridized carbons (Fsp3) is 0.500. The van der Waals surface area contributed by atoms with Crippen molar-refractivity contribution in [2.24, 2.45) is 4.99 Å². The van der Waals surface area contributed by atoms with Crippen molar-refractivity contribution >= 4 is 41.3 Å². The van der Waals surface area contributed by atoms with Crippen molar-refractivity contribution in [3.05, 3.63) is 39.8 Å². The van der Waals surface area contributed by atoms with E-state index in [0.717, 1.165) is 33.7 Å². The van der Waals surface area contributed by atoms with Gasteiger partial charge in [0, 0.05) is 33.1 Å². The van der Waals surface area contributed by atoms with Crippen molar-refractivity contribution in [3.63, 3.8) is 0 Å². The van der Waals surface area contributed by atoms with Gasteiger partial charge in [-0.1, -0.05) is 6.07 Å². The molecule has 0 radical (unpaired) electrons. The fourth-order valence-electron chi connectivity index (χ4n) is 2.67. The van der Waals surface area contributed by atoms with Crippen LogP contribution in [0.3, 0.4) is 0 Å². The topological polar surface area (TPSA) is 68.2 Å². The van der Waals surface area contributed by atoms with E-state index in [1.54, 1.807) is 32.6 Å². The number of guanidine groups is 1. The Morgan fingerprint density at radius 3 is 2.69 bits per heavy atom. The van der Waals surface area contributed by atoms with Crippen molar-refractivity contribution in [2.75, 3.05) is 34.9 Å². The van der Waals surface area contributed by atoms with E-state index in [9.17, 15) is 0 Å². The second kappa shape index (κ2) is 12.9. The molecule has 0 saturated heterocycles. The lowest BCUT2D eigenvalue weighted by Gasteiger charge is -2.21. The second-order valence-corrected chi connectivity index (χ2v) is 7.12. The number of methoxy groups -OCH3 is 2. The summed E-state index contributed by atoms with van der Waals surface area (Å²) >= 11 is 1.61. The Bertz CT molecular complexity index is 785. The van der Waals surface area contributed by atoms with E-state index in [2.05, 4.69) is 20.7 Å². The minimum Gasteiger partial charge on any atom is -0.493 e. The Morgan fingerprint density at radius 2 is 2.07 bits per heavy atom. The largest absolute Gasteiger partial charge is 0.493 e. The van der Waals surface area contributed by atoms with E-state index in [1.807, 2.05) is 44.0 Å². The van der Waals surface area contributed by atoms with E-state index < -0.39 is 0 Å². The quantitative estimate of drug-likeness (QED) is 0.297. The van der Waals surface area contributed by atoms with Gasteiger partial charge in [0.15, 0.2) is 17.5 Å². The van der Waals surface area contributed by atoms with E-state index in [1.165, 1.54) is 0 Å². The third kappa shape index (κ3) is 7.31. The Balaban J connectivity index is 0.00000420. The number of ether oxygens (including phenoxy) is 3. The molecule has 2 aromatic rings. The van der Waals surface area contributed by atoms with Crippen LogP contribution >= 0.6 is 35.3 Å². The molecule has 1 aromatic heterocycles. The third-order valence-corrected chi connectivity index (χ3v) is 5.28. The molecule has 0 spiro atoms. The summed E-state index contributed by atoms with van der Waals surface area (Å²) in [6, 6.07) is 5.92. The number of nitrogens with one attached hydrogen (secondary N) is 1. The van der Waals surface area contributed by atoms with Crippen LogP contribution in [-0.4, -0.2) is 50.8 Å². The van der Waals surface area contributed by atoms with Gasteiger partial charge in [0.05, 0.1) is 26.0 Å². The van der Waals surface area contributed by atoms with Crippen LogP contribution in [-0.2, 0) is 17.8 Å². The summed E-state index contributed by atoms with van der Waals surface area (Å²) in [5.41, 5.74) is 2.08. The van der Waals surface area contributed by atoms with Gasteiger partial charge in [-0.25, -0.2) is 4.98 Å². The minimum atomic E-state index is 0. The van der Waals surface area contributed by atoms with Crippen LogP contribution in [0.5, 0.6) is 11.5 Å². The number of hydrogen-bond donors (Lipinski definition) is 1. The Labute approximate surface area is 194 Å². The van der Waals surface area contributed by atoms with Crippen LogP contribution in [0.15, 0.2) is 28.6 Å². The molecule has 162 valence electrons. The highest BCUT2D eigenvalue weighted by Crippen LogP contribution is 2.28. The SMILES string of the molecule is CCOc1cc(CNC(=NC)N(C)Cc2csc(C(C)OC)n2)ccc1OC.I. The van der Waals surface area contributed by atoms with Gasteiger partial charge in [-0.2, -0.15) is 0 Å². The van der Waals surface area contributed by atoms with Crippen LogP contribution in [0.25, 0.3) is 0 Å². The minimum absolute atomic E-state index is 0. The Kier molecular flexibility index (Phi) is 11.3. The normalized spacial score (nSPS) is 12.1. The fourth-order valence-corrected chi connectivity index (χ4v) is 3.51. The highest BCUT2D eigenvalue weighted by atomic mass is 127. The molecular weight excluding hydrogens is 503 g/mol. The van der Waals surface area contributed by atoms with Crippen molar-refractivity contribution in [1.29, 1.82) is 0 Å². The van der Waals surface area contributed by atoms with Crippen LogP contribution in [0.1, 0.15) is 36.2 Å². The van der Waals surface area contributed by atoms with E-state index in [4.69, 9.17) is 14.2 Å². The standard InChI is InChI=1S/C20H30N4O3S.HI/c1-7-27-18-10-15(8-9-17(18)26-6)11-22-20(21-3)24(4)12-16-13-28-19(23-16)14(2)25-5;/h8-10,13-14H,7,11-12H2,1-6H3,(H,21,22);1H. The monoisotopic (exact) mass is 534 g/mol. The number of halogens is 1. The molecule has 1 N–H and O–H groups in total. The van der Waals surface area contributed by atoms with Gasteiger partial charge in [-0.05, 0) is 31.5 Å². The summed E-state index contributed by atoms with van der Waals surface area (Å²) in [6.07, 6.45) is 0.0103. The number of aliphatic imine (C=N–C) groups is 1. The smallest absolute Gasteiger partial charge is 0.194 e. The first kappa shape index (κ1) is 25.4. The zero-order valence-corrected chi connectivity index (χ0v) is 21.0. The molecule has 1 atom stereocenters. The van der Waals surface area contributed by atoms with E-state index in [-0.39, 0.29) is 30.1 Å². The first-order chi connectivity index (χ1) is 13.5. The van der Waals surface area contributed by atoms with Crippen LogP contribution < -0.4 is 14.8 Å². The van der Waals surface area contributed by atoms with Gasteiger partial charge in [-0.3, -0.25) is 4.99 Å². The lowest BCUT2D eigenvalue weighted by atomic mass is 10.2. The summed E-state index contributed by atoms with van der Waals surface area (Å²) in [4.78, 5) is 11.1. The Morgan fingerprint density at radius 1 is 1.31 bits per heavy atom. The summed E-state index contributed by atoms with van der Waals surface area (Å²) in [6.45, 7) is 5.84. The highest BCUT2D eigenvalue weighted by molar-refractivity contribution is 14.0. The molecule has 0 saturated carbocycles. The molecule has 0 aliphatic rings. The molecule has 0 aliphatic heterocycles. The summed E-state index contributed by atoms with van der Waals surface area (Å²) in [5, 5.41) is 6.43. The molecule has 0 fully saturated rings. The van der Waals surface area contributed by atoms with Gasteiger partial charge < -0.3 is 24.4 Å². The predicted molar refractivity (Wildman–Crippen MR) is 129 cm³/mol. The molecule has 0 amide bonds. The lowest BCUT2D eigenvalue weighted by Crippen LogP contribution is -2.38. The zero-order chi connectivity index (χ0) is 20.5. The third-order valence-electron chi connectivity index (χ3n) is 4.22. The van der Waals surface area contributed by atoms with Crippen molar-refractivity contribution < 1.29 is 14.2 Å². The number of benzene rings is 1. The Hall–Kier alpha value is -1.59. The summed E-state index contributed by atoms with van der Waals surface area (Å²) in [5.74, 6) is 2.27. The van der Waals surface area contributed by atoms with Gasteiger partial charge >= 0.3 is 0 Å². The molecule has 0 aliphatic carbocycles. The van der Waals surface area contributed by atoms with Gasteiger partial charge in [-0.15, -0.1) is 35.3 Å². The number of aromatic nitrogens is 1. The molecular formula is C20H31IN4O3S. The summed E-state index contributed by atoms with van der Waals surface area (Å²) in [7, 11) is 7.11. The maximum absolute atomic E-state index is 5.65. The van der Waals surface area contributed by atoms with Crippen molar-refractivity contribution in [3.8, 4) is 11.5 Å². The van der Waals surface area contributed by atoms with Gasteiger partial charge in [0.1, 0.15) is 11.1 Å². The molecule has 2 rings (SSSR count). The number of thiazole rings is 1. The molecule has 7 nitrogen and oxygen atoms in total. The molecule has 1 unspecified atom stereocenters. The maximum atomic E-state index is 5.65. The van der Waals surface area contributed by atoms with E-state index >= 15 is 0 Å². The zero-order valence-electron chi connectivity index (χ0n) is 17.9. The molecule has 1 aromatic carbocycles.